The Kier molecular flexibility index (Phi) is 5.84. The molecule has 5 heteroatoms. The lowest BCUT2D eigenvalue weighted by Gasteiger charge is -2.25. The number of carbonyl (C=O) groups excluding carboxylic acids is 2. The molecule has 2 aliphatic rings. The molecule has 2 fully saturated rings. The maximum absolute atomic E-state index is 13.0. The van der Waals surface area contributed by atoms with E-state index in [4.69, 9.17) is 4.74 Å². The predicted octanol–water partition coefficient (Wildman–Crippen LogP) is 4.12. The summed E-state index contributed by atoms with van der Waals surface area (Å²) in [7, 11) is 0. The fourth-order valence-corrected chi connectivity index (χ4v) is 4.36. The van der Waals surface area contributed by atoms with Crippen LogP contribution in [0.25, 0.3) is 0 Å². The van der Waals surface area contributed by atoms with Gasteiger partial charge in [0, 0.05) is 25.2 Å². The summed E-state index contributed by atoms with van der Waals surface area (Å²) in [6.07, 6.45) is 3.96. The Morgan fingerprint density at radius 2 is 1.79 bits per heavy atom. The first-order valence-electron chi connectivity index (χ1n) is 10.6. The SMILES string of the molecule is CCOc1ccc(C2CCCN2C(=O)Cc2ccc(N3CCCC3=O)cc2)cc1. The quantitative estimate of drug-likeness (QED) is 0.743. The molecular weight excluding hydrogens is 364 g/mol. The Bertz CT molecular complexity index is 861. The zero-order valence-corrected chi connectivity index (χ0v) is 17.0. The lowest BCUT2D eigenvalue weighted by molar-refractivity contribution is -0.131. The summed E-state index contributed by atoms with van der Waals surface area (Å²) in [5, 5.41) is 0. The third-order valence-corrected chi connectivity index (χ3v) is 5.83. The lowest BCUT2D eigenvalue weighted by Crippen LogP contribution is -2.31. The van der Waals surface area contributed by atoms with Gasteiger partial charge in [0.2, 0.25) is 11.8 Å². The molecule has 0 aliphatic carbocycles. The van der Waals surface area contributed by atoms with E-state index in [1.54, 1.807) is 0 Å². The molecule has 1 atom stereocenters. The van der Waals surface area contributed by atoms with Crippen LogP contribution in [0.5, 0.6) is 5.75 Å². The van der Waals surface area contributed by atoms with E-state index in [2.05, 4.69) is 12.1 Å². The van der Waals surface area contributed by atoms with Gasteiger partial charge < -0.3 is 14.5 Å². The van der Waals surface area contributed by atoms with Crippen LogP contribution in [0.3, 0.4) is 0 Å². The van der Waals surface area contributed by atoms with Gasteiger partial charge in [0.1, 0.15) is 5.75 Å². The van der Waals surface area contributed by atoms with E-state index >= 15 is 0 Å². The Morgan fingerprint density at radius 3 is 2.45 bits per heavy atom. The third-order valence-electron chi connectivity index (χ3n) is 5.83. The topological polar surface area (TPSA) is 49.9 Å². The van der Waals surface area contributed by atoms with Gasteiger partial charge >= 0.3 is 0 Å². The maximum Gasteiger partial charge on any atom is 0.227 e. The molecule has 2 amide bonds. The molecule has 2 aromatic rings. The van der Waals surface area contributed by atoms with Crippen LogP contribution >= 0.6 is 0 Å². The van der Waals surface area contributed by atoms with E-state index in [0.29, 0.717) is 19.4 Å². The highest BCUT2D eigenvalue weighted by Crippen LogP contribution is 2.33. The molecule has 0 N–H and O–H groups in total. The Morgan fingerprint density at radius 1 is 1.03 bits per heavy atom. The van der Waals surface area contributed by atoms with Gasteiger partial charge in [-0.05, 0) is 61.6 Å². The van der Waals surface area contributed by atoms with E-state index in [-0.39, 0.29) is 17.9 Å². The number of benzene rings is 2. The van der Waals surface area contributed by atoms with Crippen LogP contribution in [0.2, 0.25) is 0 Å². The molecule has 0 radical (unpaired) electrons. The molecule has 0 aromatic heterocycles. The summed E-state index contributed by atoms with van der Waals surface area (Å²) in [6.45, 7) is 4.21. The van der Waals surface area contributed by atoms with Crippen molar-refractivity contribution >= 4 is 17.5 Å². The van der Waals surface area contributed by atoms with Crippen molar-refractivity contribution in [3.8, 4) is 5.75 Å². The minimum atomic E-state index is 0.139. The molecule has 29 heavy (non-hydrogen) atoms. The number of amides is 2. The number of hydrogen-bond donors (Lipinski definition) is 0. The summed E-state index contributed by atoms with van der Waals surface area (Å²) >= 11 is 0. The van der Waals surface area contributed by atoms with Crippen molar-refractivity contribution in [1.82, 2.24) is 4.90 Å². The van der Waals surface area contributed by atoms with Crippen LogP contribution in [0, 0.1) is 0 Å². The van der Waals surface area contributed by atoms with Crippen LogP contribution in [0.1, 0.15) is 49.8 Å². The van der Waals surface area contributed by atoms with Crippen molar-refractivity contribution in [2.75, 3.05) is 24.6 Å². The van der Waals surface area contributed by atoms with Crippen molar-refractivity contribution in [3.63, 3.8) is 0 Å². The average Bonchev–Trinajstić information content (AvgIpc) is 3.39. The first-order chi connectivity index (χ1) is 14.2. The summed E-state index contributed by atoms with van der Waals surface area (Å²) in [5.74, 6) is 1.21. The second-order valence-corrected chi connectivity index (χ2v) is 7.74. The highest BCUT2D eigenvalue weighted by atomic mass is 16.5. The van der Waals surface area contributed by atoms with Crippen LogP contribution in [0.4, 0.5) is 5.69 Å². The van der Waals surface area contributed by atoms with Crippen molar-refractivity contribution < 1.29 is 14.3 Å². The van der Waals surface area contributed by atoms with Gasteiger partial charge in [-0.25, -0.2) is 0 Å². The molecule has 0 bridgehead atoms. The molecule has 4 rings (SSSR count). The van der Waals surface area contributed by atoms with Crippen molar-refractivity contribution in [2.45, 2.75) is 45.1 Å². The molecule has 0 saturated carbocycles. The summed E-state index contributed by atoms with van der Waals surface area (Å²) in [6, 6.07) is 16.1. The van der Waals surface area contributed by atoms with Gasteiger partial charge in [-0.3, -0.25) is 9.59 Å². The third kappa shape index (κ3) is 4.29. The normalized spacial score (nSPS) is 19.1. The predicted molar refractivity (Wildman–Crippen MR) is 113 cm³/mol. The number of rotatable bonds is 6. The van der Waals surface area contributed by atoms with E-state index in [9.17, 15) is 9.59 Å². The summed E-state index contributed by atoms with van der Waals surface area (Å²) in [5.41, 5.74) is 3.09. The van der Waals surface area contributed by atoms with Gasteiger partial charge in [0.15, 0.2) is 0 Å². The first kappa shape index (κ1) is 19.5. The van der Waals surface area contributed by atoms with Gasteiger partial charge in [-0.2, -0.15) is 0 Å². The average molecular weight is 392 g/mol. The monoisotopic (exact) mass is 392 g/mol. The van der Waals surface area contributed by atoms with Gasteiger partial charge in [-0.15, -0.1) is 0 Å². The minimum Gasteiger partial charge on any atom is -0.494 e. The molecule has 0 spiro atoms. The van der Waals surface area contributed by atoms with Gasteiger partial charge in [0.05, 0.1) is 19.1 Å². The molecule has 2 saturated heterocycles. The number of ether oxygens (including phenoxy) is 1. The molecular formula is C24H28N2O3. The number of carbonyl (C=O) groups is 2. The Balaban J connectivity index is 1.41. The fraction of sp³-hybridized carbons (Fsp3) is 0.417. The standard InChI is InChI=1S/C24H28N2O3/c1-2-29-21-13-9-19(10-14-21)22-5-3-16-26(22)24(28)17-18-7-11-20(12-8-18)25-15-4-6-23(25)27/h7-14,22H,2-6,15-17H2,1H3. The largest absolute Gasteiger partial charge is 0.494 e. The smallest absolute Gasteiger partial charge is 0.227 e. The Labute approximate surface area is 172 Å². The van der Waals surface area contributed by atoms with Crippen molar-refractivity contribution in [2.24, 2.45) is 0 Å². The zero-order valence-electron chi connectivity index (χ0n) is 17.0. The van der Waals surface area contributed by atoms with Gasteiger partial charge in [0.25, 0.3) is 0 Å². The molecule has 1 unspecified atom stereocenters. The van der Waals surface area contributed by atoms with Crippen LogP contribution < -0.4 is 9.64 Å². The van der Waals surface area contributed by atoms with E-state index in [0.717, 1.165) is 49.4 Å². The van der Waals surface area contributed by atoms with Crippen LogP contribution in [-0.2, 0) is 16.0 Å². The van der Waals surface area contributed by atoms with Gasteiger partial charge in [-0.1, -0.05) is 24.3 Å². The molecule has 2 heterocycles. The number of hydrogen-bond acceptors (Lipinski definition) is 3. The fourth-order valence-electron chi connectivity index (χ4n) is 4.36. The number of nitrogens with zero attached hydrogens (tertiary/aromatic N) is 2. The van der Waals surface area contributed by atoms with E-state index < -0.39 is 0 Å². The number of anilines is 1. The lowest BCUT2D eigenvalue weighted by atomic mass is 10.0. The molecule has 152 valence electrons. The number of likely N-dealkylation sites (tertiary alicyclic amines) is 1. The highest BCUT2D eigenvalue weighted by molar-refractivity contribution is 5.95. The van der Waals surface area contributed by atoms with Crippen LogP contribution in [0.15, 0.2) is 48.5 Å². The second kappa shape index (κ2) is 8.68. The van der Waals surface area contributed by atoms with Crippen molar-refractivity contribution in [3.05, 3.63) is 59.7 Å². The zero-order chi connectivity index (χ0) is 20.2. The van der Waals surface area contributed by atoms with Crippen molar-refractivity contribution in [1.29, 1.82) is 0 Å². The van der Waals surface area contributed by atoms with Crippen LogP contribution in [-0.4, -0.2) is 36.4 Å². The summed E-state index contributed by atoms with van der Waals surface area (Å²) in [4.78, 5) is 28.7. The molecule has 2 aliphatic heterocycles. The maximum atomic E-state index is 13.0. The highest BCUT2D eigenvalue weighted by Gasteiger charge is 2.30. The molecule has 2 aromatic carbocycles. The Hall–Kier alpha value is -2.82. The first-order valence-corrected chi connectivity index (χ1v) is 10.6. The summed E-state index contributed by atoms with van der Waals surface area (Å²) < 4.78 is 5.52. The van der Waals surface area contributed by atoms with E-state index in [1.807, 2.05) is 53.1 Å². The molecule has 5 nitrogen and oxygen atoms in total. The van der Waals surface area contributed by atoms with E-state index in [1.165, 1.54) is 5.56 Å². The minimum absolute atomic E-state index is 0.139. The second-order valence-electron chi connectivity index (χ2n) is 7.74.